The molecule has 1 aliphatic rings. The number of carbonyl (C=O) groups is 1. The molecular weight excluding hydrogens is 386 g/mol. The molecule has 2 heterocycles. The normalized spacial score (nSPS) is 14.3. The van der Waals surface area contributed by atoms with E-state index in [4.69, 9.17) is 0 Å². The third-order valence-electron chi connectivity index (χ3n) is 5.18. The molecule has 0 aliphatic carbocycles. The Kier molecular flexibility index (Phi) is 5.97. The van der Waals surface area contributed by atoms with E-state index in [0.29, 0.717) is 11.4 Å². The largest absolute Gasteiger partial charge is 0.355 e. The van der Waals surface area contributed by atoms with Gasteiger partial charge < -0.3 is 10.2 Å². The molecule has 1 saturated heterocycles. The van der Waals surface area contributed by atoms with Crippen molar-refractivity contribution in [3.8, 4) is 11.3 Å². The fraction of sp³-hybridized carbons (Fsp3) is 0.261. The van der Waals surface area contributed by atoms with Crippen molar-refractivity contribution in [3.63, 3.8) is 0 Å². The van der Waals surface area contributed by atoms with Crippen molar-refractivity contribution in [2.45, 2.75) is 25.7 Å². The van der Waals surface area contributed by atoms with Gasteiger partial charge in [0.1, 0.15) is 0 Å². The number of halogens is 2. The lowest BCUT2D eigenvalue weighted by Gasteiger charge is -2.20. The Bertz CT molecular complexity index is 1030. The third kappa shape index (κ3) is 4.62. The van der Waals surface area contributed by atoms with E-state index in [1.165, 1.54) is 31.7 Å². The second kappa shape index (κ2) is 8.98. The van der Waals surface area contributed by atoms with Crippen molar-refractivity contribution in [3.05, 3.63) is 71.8 Å². The molecule has 0 unspecified atom stereocenters. The second-order valence-corrected chi connectivity index (χ2v) is 7.34. The van der Waals surface area contributed by atoms with Gasteiger partial charge in [-0.05, 0) is 55.3 Å². The molecule has 1 aromatic heterocycles. The van der Waals surface area contributed by atoms with Gasteiger partial charge in [0.25, 0.3) is 5.91 Å². The highest BCUT2D eigenvalue weighted by atomic mass is 19.2. The lowest BCUT2D eigenvalue weighted by molar-refractivity contribution is 0.102. The first-order valence-electron chi connectivity index (χ1n) is 10.1. The average molecular weight is 408 g/mol. The molecule has 0 bridgehead atoms. The van der Waals surface area contributed by atoms with Gasteiger partial charge in [-0.3, -0.25) is 4.79 Å². The van der Waals surface area contributed by atoms with E-state index in [1.54, 1.807) is 18.2 Å². The molecule has 1 fully saturated rings. The van der Waals surface area contributed by atoms with Crippen LogP contribution in [0.2, 0.25) is 0 Å². The molecule has 0 atom stereocenters. The van der Waals surface area contributed by atoms with Crippen LogP contribution in [0.15, 0.2) is 54.6 Å². The Hall–Kier alpha value is -3.35. The van der Waals surface area contributed by atoms with Crippen LogP contribution >= 0.6 is 0 Å². The Morgan fingerprint density at radius 2 is 1.67 bits per heavy atom. The highest BCUT2D eigenvalue weighted by Gasteiger charge is 2.13. The Balaban J connectivity index is 1.48. The van der Waals surface area contributed by atoms with Crippen molar-refractivity contribution in [1.29, 1.82) is 0 Å². The predicted octanol–water partition coefficient (Wildman–Crippen LogP) is 5.05. The van der Waals surface area contributed by atoms with Crippen molar-refractivity contribution < 1.29 is 13.6 Å². The number of benzene rings is 2. The molecule has 0 saturated carbocycles. The number of amides is 1. The maximum absolute atomic E-state index is 13.4. The third-order valence-corrected chi connectivity index (χ3v) is 5.18. The molecule has 154 valence electrons. The van der Waals surface area contributed by atoms with E-state index in [1.807, 2.05) is 18.2 Å². The zero-order valence-corrected chi connectivity index (χ0v) is 16.4. The molecule has 4 rings (SSSR count). The molecule has 3 aromatic rings. The van der Waals surface area contributed by atoms with Gasteiger partial charge in [-0.25, -0.2) is 8.78 Å². The van der Waals surface area contributed by atoms with E-state index < -0.39 is 17.5 Å². The summed E-state index contributed by atoms with van der Waals surface area (Å²) in [5.41, 5.74) is 2.06. The molecule has 0 spiro atoms. The van der Waals surface area contributed by atoms with Crippen LogP contribution in [0, 0.1) is 11.6 Å². The molecule has 30 heavy (non-hydrogen) atoms. The number of nitrogens with one attached hydrogen (secondary N) is 1. The lowest BCUT2D eigenvalue weighted by atomic mass is 10.1. The Morgan fingerprint density at radius 3 is 2.37 bits per heavy atom. The van der Waals surface area contributed by atoms with Crippen LogP contribution in [0.1, 0.15) is 36.0 Å². The molecule has 5 nitrogen and oxygen atoms in total. The van der Waals surface area contributed by atoms with E-state index >= 15 is 0 Å². The maximum atomic E-state index is 13.4. The van der Waals surface area contributed by atoms with Crippen LogP contribution in [0.5, 0.6) is 0 Å². The molecule has 2 aromatic carbocycles. The molecule has 0 radical (unpaired) electrons. The van der Waals surface area contributed by atoms with Gasteiger partial charge in [-0.15, -0.1) is 10.2 Å². The summed E-state index contributed by atoms with van der Waals surface area (Å²) in [4.78, 5) is 14.6. The van der Waals surface area contributed by atoms with Gasteiger partial charge in [-0.1, -0.05) is 25.0 Å². The van der Waals surface area contributed by atoms with Crippen LogP contribution in [0.25, 0.3) is 11.3 Å². The summed E-state index contributed by atoms with van der Waals surface area (Å²) in [6, 6.07) is 14.1. The van der Waals surface area contributed by atoms with Gasteiger partial charge in [0.2, 0.25) is 0 Å². The second-order valence-electron chi connectivity index (χ2n) is 7.34. The summed E-state index contributed by atoms with van der Waals surface area (Å²) in [6.07, 6.45) is 4.85. The summed E-state index contributed by atoms with van der Waals surface area (Å²) in [5, 5.41) is 11.4. The first-order chi connectivity index (χ1) is 14.6. The van der Waals surface area contributed by atoms with Crippen LogP contribution in [0.4, 0.5) is 20.3 Å². The van der Waals surface area contributed by atoms with Gasteiger partial charge >= 0.3 is 0 Å². The monoisotopic (exact) mass is 408 g/mol. The predicted molar refractivity (Wildman–Crippen MR) is 112 cm³/mol. The molecular formula is C23H22F2N4O. The lowest BCUT2D eigenvalue weighted by Crippen LogP contribution is -2.25. The van der Waals surface area contributed by atoms with Crippen LogP contribution in [-0.4, -0.2) is 29.2 Å². The van der Waals surface area contributed by atoms with E-state index in [-0.39, 0.29) is 5.56 Å². The summed E-state index contributed by atoms with van der Waals surface area (Å²) in [7, 11) is 0. The summed E-state index contributed by atoms with van der Waals surface area (Å²) < 4.78 is 26.5. The van der Waals surface area contributed by atoms with E-state index in [2.05, 4.69) is 20.4 Å². The quantitative estimate of drug-likeness (QED) is 0.656. The topological polar surface area (TPSA) is 58.1 Å². The van der Waals surface area contributed by atoms with Crippen LogP contribution in [0.3, 0.4) is 0 Å². The van der Waals surface area contributed by atoms with E-state index in [0.717, 1.165) is 36.6 Å². The summed E-state index contributed by atoms with van der Waals surface area (Å²) in [5.74, 6) is -1.69. The molecule has 1 N–H and O–H groups in total. The van der Waals surface area contributed by atoms with E-state index in [9.17, 15) is 13.6 Å². The van der Waals surface area contributed by atoms with Crippen LogP contribution in [-0.2, 0) is 0 Å². The number of nitrogens with zero attached hydrogens (tertiary/aromatic N) is 3. The van der Waals surface area contributed by atoms with Crippen molar-refractivity contribution >= 4 is 17.4 Å². The number of carbonyl (C=O) groups excluding carboxylic acids is 1. The highest BCUT2D eigenvalue weighted by molar-refractivity contribution is 6.04. The first-order valence-corrected chi connectivity index (χ1v) is 10.1. The summed E-state index contributed by atoms with van der Waals surface area (Å²) in [6.45, 7) is 2.00. The minimum absolute atomic E-state index is 0.0425. The fourth-order valence-corrected chi connectivity index (χ4v) is 3.54. The van der Waals surface area contributed by atoms with Crippen molar-refractivity contribution in [2.24, 2.45) is 0 Å². The Morgan fingerprint density at radius 1 is 0.867 bits per heavy atom. The maximum Gasteiger partial charge on any atom is 0.255 e. The Labute approximate surface area is 173 Å². The van der Waals surface area contributed by atoms with Gasteiger partial charge in [0, 0.05) is 29.9 Å². The minimum Gasteiger partial charge on any atom is -0.355 e. The van der Waals surface area contributed by atoms with Gasteiger partial charge in [0.05, 0.1) is 5.69 Å². The number of rotatable bonds is 4. The molecule has 7 heteroatoms. The standard InChI is InChI=1S/C23H22F2N4O/c24-19-9-8-17(15-20(19)25)23(30)26-18-7-5-6-16(14-18)21-10-11-22(28-27-21)29-12-3-1-2-4-13-29/h5-11,14-15H,1-4,12-13H2,(H,26,30). The van der Waals surface area contributed by atoms with Crippen molar-refractivity contribution in [1.82, 2.24) is 10.2 Å². The molecule has 1 amide bonds. The van der Waals surface area contributed by atoms with Crippen LogP contribution < -0.4 is 10.2 Å². The zero-order chi connectivity index (χ0) is 20.9. The average Bonchev–Trinajstić information content (AvgIpc) is 3.05. The number of hydrogen-bond acceptors (Lipinski definition) is 4. The minimum atomic E-state index is -1.06. The SMILES string of the molecule is O=C(Nc1cccc(-c2ccc(N3CCCCCC3)nn2)c1)c1ccc(F)c(F)c1. The number of anilines is 2. The zero-order valence-electron chi connectivity index (χ0n) is 16.4. The van der Waals surface area contributed by atoms with Gasteiger partial charge in [0.15, 0.2) is 17.5 Å². The van der Waals surface area contributed by atoms with Crippen molar-refractivity contribution in [2.75, 3.05) is 23.3 Å². The first kappa shape index (κ1) is 19.9. The highest BCUT2D eigenvalue weighted by Crippen LogP contribution is 2.23. The number of aromatic nitrogens is 2. The smallest absolute Gasteiger partial charge is 0.255 e. The fourth-order valence-electron chi connectivity index (χ4n) is 3.54. The van der Waals surface area contributed by atoms with Gasteiger partial charge in [-0.2, -0.15) is 0 Å². The molecule has 1 aliphatic heterocycles. The summed E-state index contributed by atoms with van der Waals surface area (Å²) >= 11 is 0. The number of hydrogen-bond donors (Lipinski definition) is 1.